The van der Waals surface area contributed by atoms with Gasteiger partial charge in [0, 0.05) is 33.6 Å². The maximum Gasteiger partial charge on any atom is 1.00 e. The summed E-state index contributed by atoms with van der Waals surface area (Å²) < 4.78 is 0. The molecule has 44 heavy (non-hydrogen) atoms. The third kappa shape index (κ3) is 5030. The van der Waals surface area contributed by atoms with Gasteiger partial charge in [-0.15, -0.1) is 64.1 Å². The molecule has 0 fully saturated rings. The van der Waals surface area contributed by atoms with E-state index in [1.165, 1.54) is 0 Å². The second kappa shape index (κ2) is 786. The Morgan fingerprint density at radius 3 is 0.205 bits per heavy atom. The summed E-state index contributed by atoms with van der Waals surface area (Å²) in [7, 11) is 0. The van der Waals surface area contributed by atoms with Crippen LogP contribution in [0.1, 0.15) is 0 Å². The number of nitrogens with zero attached hydrogens (tertiary/aromatic N) is 12. The molecule has 2 radical (unpaired) electrons. The van der Waals surface area contributed by atoms with Gasteiger partial charge < -0.3 is 140 Å². The van der Waals surface area contributed by atoms with E-state index in [9.17, 15) is 0 Å². The summed E-state index contributed by atoms with van der Waals surface area (Å²) in [6.45, 7) is 0. The van der Waals surface area contributed by atoms with Crippen LogP contribution in [0.25, 0.3) is 0 Å². The van der Waals surface area contributed by atoms with Gasteiger partial charge in [0.05, 0.1) is 0 Å². The Hall–Kier alpha value is -3.31. The third-order valence-electron chi connectivity index (χ3n) is 0. The second-order valence-corrected chi connectivity index (χ2v) is 0.894. The molecule has 0 spiro atoms. The van der Waals surface area contributed by atoms with Crippen LogP contribution in [-0.2, 0) is 33.6 Å². The topological polar surface area (TPSA) is 739 Å². The predicted octanol–water partition coefficient (Wildman–Crippen LogP) is -4.86. The van der Waals surface area contributed by atoms with Crippen LogP contribution < -0.4 is 107 Å². The molecule has 0 heterocycles. The summed E-state index contributed by atoms with van der Waals surface area (Å²) in [5.74, 6) is 0. The maximum atomic E-state index is 8.00. The number of rotatable bonds is 0. The molecule has 44 heteroatoms. The van der Waals surface area contributed by atoms with Crippen molar-refractivity contribution in [1.82, 2.24) is 18.5 Å². The van der Waals surface area contributed by atoms with E-state index in [1.807, 2.05) is 0 Å². The molecule has 0 atom stereocenters. The molecule has 39 nitrogen and oxygen atoms in total. The fourth-order valence-electron chi connectivity index (χ4n) is 0. The summed E-state index contributed by atoms with van der Waals surface area (Å²) in [5, 5.41) is 108. The fraction of sp³-hybridized carbons (Fsp3) is 0. The zero-order valence-electron chi connectivity index (χ0n) is 21.8. The number of quaternary nitrogens is 3. The Kier molecular flexibility index (Phi) is 2680. The van der Waals surface area contributed by atoms with Gasteiger partial charge in [-0.3, -0.25) is 0 Å². The van der Waals surface area contributed by atoms with Crippen molar-refractivity contribution in [2.75, 3.05) is 0 Å². The standard InChI is InChI=1S/2Co.12HNO2.3H3N.3Na/c;;12*2-1-3;;;;;;/h;;12*(H,2,3);3*1H3;;;/q;;;;;;;;;;;;;;;;;3*+1/p-9. The summed E-state index contributed by atoms with van der Waals surface area (Å²) in [4.78, 5) is 96.0. The molecule has 0 aliphatic heterocycles. The SMILES string of the molecule is O=N[O-].O=N[O-].O=N[O-].O=N[O-].O=N[O-].O=N[O-].O=N[O-].O=N[O-].O=N[O-].O=N[O-].O=N[O-].O=N[O-].[Co].[Co].[NH4+].[NH4+].[NH4+].[Na+].[Na+].[Na+]. The van der Waals surface area contributed by atoms with Crippen LogP contribution in [0.4, 0.5) is 0 Å². The summed E-state index contributed by atoms with van der Waals surface area (Å²) in [6, 6.07) is 0. The van der Waals surface area contributed by atoms with Crippen molar-refractivity contribution in [3.63, 3.8) is 0 Å². The van der Waals surface area contributed by atoms with Crippen molar-refractivity contribution in [2.45, 2.75) is 0 Å². The summed E-state index contributed by atoms with van der Waals surface area (Å²) in [6.07, 6.45) is 0. The van der Waals surface area contributed by atoms with Crippen LogP contribution in [0.5, 0.6) is 0 Å². The number of hydrogen-bond donors (Lipinski definition) is 3. The van der Waals surface area contributed by atoms with Gasteiger partial charge in [-0.05, 0) is 0 Å². The average molecular weight is 793 g/mol. The summed E-state index contributed by atoms with van der Waals surface area (Å²) in [5.41, 5.74) is 0. The molecule has 0 aliphatic rings. The molecule has 0 saturated carbocycles. The number of hydrogen-bond acceptors (Lipinski definition) is 36. The fourth-order valence-corrected chi connectivity index (χ4v) is 0. The van der Waals surface area contributed by atoms with Crippen LogP contribution in [0.15, 0.2) is 64.1 Å². The smallest absolute Gasteiger partial charge is 0.444 e. The molecule has 0 aromatic heterocycles. The Morgan fingerprint density at radius 2 is 0.205 bits per heavy atom. The molecule has 0 amide bonds. The van der Waals surface area contributed by atoms with Crippen LogP contribution in [-0.4, -0.2) is 0 Å². The first-order valence-corrected chi connectivity index (χ1v) is 4.38. The van der Waals surface area contributed by atoms with Crippen LogP contribution in [0.2, 0.25) is 0 Å². The molecule has 0 saturated heterocycles. The minimum Gasteiger partial charge on any atom is -0.444 e. The Morgan fingerprint density at radius 1 is 0.205 bits per heavy atom. The van der Waals surface area contributed by atoms with Gasteiger partial charge >= 0.3 is 88.7 Å². The van der Waals surface area contributed by atoms with Crippen LogP contribution >= 0.6 is 0 Å². The van der Waals surface area contributed by atoms with Crippen molar-refractivity contribution >= 4 is 0 Å². The molecule has 12 N–H and O–H groups in total. The second-order valence-electron chi connectivity index (χ2n) is 0.894. The van der Waals surface area contributed by atoms with Gasteiger partial charge in [-0.25, -0.2) is 0 Å². The van der Waals surface area contributed by atoms with Gasteiger partial charge in [0.2, 0.25) is 0 Å². The maximum absolute atomic E-state index is 8.00. The van der Waals surface area contributed by atoms with Crippen molar-refractivity contribution in [1.29, 1.82) is 0 Å². The molecular weight excluding hydrogens is 781 g/mol. The first-order chi connectivity index (χ1) is 17.0. The first kappa shape index (κ1) is 150. The van der Waals surface area contributed by atoms with Crippen molar-refractivity contribution in [2.24, 2.45) is 64.1 Å². The van der Waals surface area contributed by atoms with Gasteiger partial charge in [0.1, 0.15) is 0 Å². The van der Waals surface area contributed by atoms with Crippen molar-refractivity contribution in [3.8, 4) is 0 Å². The Balaban J connectivity index is -0.00000000780. The first-order valence-electron chi connectivity index (χ1n) is 4.38. The van der Waals surface area contributed by atoms with Gasteiger partial charge in [-0.2, -0.15) is 0 Å². The van der Waals surface area contributed by atoms with E-state index in [0.717, 1.165) is 64.1 Å². The molecule has 0 rings (SSSR count). The van der Waals surface area contributed by atoms with Gasteiger partial charge in [0.25, 0.3) is 0 Å². The van der Waals surface area contributed by atoms with Gasteiger partial charge in [0.15, 0.2) is 0 Å². The Bertz CT molecular complexity index is 284. The molecular formula is H12Co2N15Na3O24-6. The van der Waals surface area contributed by atoms with Crippen LogP contribution in [0, 0.1) is 121 Å². The minimum absolute atomic E-state index is 0. The van der Waals surface area contributed by atoms with E-state index in [0.29, 0.717) is 0 Å². The third-order valence-corrected chi connectivity index (χ3v) is 0. The van der Waals surface area contributed by atoms with E-state index in [1.54, 1.807) is 0 Å². The summed E-state index contributed by atoms with van der Waals surface area (Å²) >= 11 is 0. The molecule has 258 valence electrons. The molecule has 0 aromatic rings. The quantitative estimate of drug-likeness (QED) is 0.118. The average Bonchev–Trinajstić information content (AvgIpc) is 2.75. The largest absolute Gasteiger partial charge is 1.00 e. The molecule has 0 aromatic carbocycles. The van der Waals surface area contributed by atoms with E-state index >= 15 is 0 Å². The zero-order chi connectivity index (χ0) is 32.5. The van der Waals surface area contributed by atoms with Crippen LogP contribution in [0.3, 0.4) is 0 Å². The van der Waals surface area contributed by atoms with Crippen molar-refractivity contribution < 1.29 is 122 Å². The van der Waals surface area contributed by atoms with E-state index in [-0.39, 0.29) is 141 Å². The van der Waals surface area contributed by atoms with E-state index < -0.39 is 0 Å². The van der Waals surface area contributed by atoms with Gasteiger partial charge in [-0.1, -0.05) is 0 Å². The monoisotopic (exact) mass is 793 g/mol. The molecule has 0 unspecified atom stereocenters. The van der Waals surface area contributed by atoms with Crippen molar-refractivity contribution in [3.05, 3.63) is 121 Å². The normalized spacial score (nSPS) is 3.27. The molecule has 0 bridgehead atoms. The molecule has 0 aliphatic carbocycles. The van der Waals surface area contributed by atoms with E-state index in [2.05, 4.69) is 0 Å². The Labute approximate surface area is 323 Å². The minimum atomic E-state index is 0. The van der Waals surface area contributed by atoms with E-state index in [4.69, 9.17) is 121 Å². The predicted molar refractivity (Wildman–Crippen MR) is 128 cm³/mol. The zero-order valence-corrected chi connectivity index (χ0v) is 29.9.